The molecular formula is C17H19N5. The average molecular weight is 293 g/mol. The molecule has 1 saturated heterocycles. The fourth-order valence-corrected chi connectivity index (χ4v) is 3.07. The summed E-state index contributed by atoms with van der Waals surface area (Å²) in [7, 11) is 0. The van der Waals surface area contributed by atoms with Crippen LogP contribution in [0.3, 0.4) is 0 Å². The second-order valence-electron chi connectivity index (χ2n) is 5.84. The Morgan fingerprint density at radius 1 is 1.14 bits per heavy atom. The molecule has 0 aliphatic carbocycles. The monoisotopic (exact) mass is 293 g/mol. The number of benzene rings is 1. The van der Waals surface area contributed by atoms with Gasteiger partial charge in [-0.05, 0) is 12.1 Å². The van der Waals surface area contributed by atoms with Gasteiger partial charge in [0.05, 0.1) is 17.2 Å². The molecule has 2 aromatic heterocycles. The molecule has 3 aromatic rings. The van der Waals surface area contributed by atoms with Crippen molar-refractivity contribution in [1.82, 2.24) is 19.5 Å². The summed E-state index contributed by atoms with van der Waals surface area (Å²) in [6, 6.07) is 8.01. The zero-order valence-electron chi connectivity index (χ0n) is 12.7. The van der Waals surface area contributed by atoms with Crippen LogP contribution in [-0.2, 0) is 13.0 Å². The third kappa shape index (κ3) is 2.32. The van der Waals surface area contributed by atoms with E-state index in [1.165, 1.54) is 5.82 Å². The van der Waals surface area contributed by atoms with Crippen molar-refractivity contribution < 1.29 is 0 Å². The zero-order valence-corrected chi connectivity index (χ0v) is 12.7. The van der Waals surface area contributed by atoms with Gasteiger partial charge in [-0.3, -0.25) is 4.98 Å². The highest BCUT2D eigenvalue weighted by Crippen LogP contribution is 2.25. The van der Waals surface area contributed by atoms with E-state index in [0.29, 0.717) is 5.92 Å². The average Bonchev–Trinajstić information content (AvgIpc) is 2.97. The lowest BCUT2D eigenvalue weighted by Gasteiger charge is -2.40. The maximum absolute atomic E-state index is 4.71. The van der Waals surface area contributed by atoms with Crippen molar-refractivity contribution in [3.63, 3.8) is 0 Å². The molecular weight excluding hydrogens is 274 g/mol. The van der Waals surface area contributed by atoms with Gasteiger partial charge in [0.15, 0.2) is 0 Å². The Bertz CT molecular complexity index is 788. The lowest BCUT2D eigenvalue weighted by molar-refractivity contribution is 0.351. The molecule has 22 heavy (non-hydrogen) atoms. The molecule has 1 aromatic carbocycles. The zero-order chi connectivity index (χ0) is 14.9. The summed E-state index contributed by atoms with van der Waals surface area (Å²) in [6.07, 6.45) is 6.84. The largest absolute Gasteiger partial charge is 0.354 e. The minimum atomic E-state index is 0.660. The quantitative estimate of drug-likeness (QED) is 0.741. The van der Waals surface area contributed by atoms with Crippen LogP contribution in [0.15, 0.2) is 42.9 Å². The number of fused-ring (bicyclic) bond motifs is 1. The Hall–Kier alpha value is -2.43. The van der Waals surface area contributed by atoms with Gasteiger partial charge < -0.3 is 9.47 Å². The van der Waals surface area contributed by atoms with Crippen molar-refractivity contribution in [3.8, 4) is 0 Å². The van der Waals surface area contributed by atoms with Gasteiger partial charge in [-0.15, -0.1) is 0 Å². The van der Waals surface area contributed by atoms with Crippen molar-refractivity contribution >= 4 is 16.9 Å². The van der Waals surface area contributed by atoms with E-state index in [0.717, 1.165) is 42.9 Å². The Morgan fingerprint density at radius 2 is 1.95 bits per heavy atom. The maximum atomic E-state index is 4.71. The number of aryl methyl sites for hydroxylation is 1. The number of nitrogens with zero attached hydrogens (tertiary/aromatic N) is 5. The van der Waals surface area contributed by atoms with Gasteiger partial charge in [-0.25, -0.2) is 9.97 Å². The van der Waals surface area contributed by atoms with Crippen LogP contribution in [0.25, 0.3) is 11.0 Å². The standard InChI is InChI=1S/C17H19N5/c1-2-16-18-7-8-21(16)10-13-11-22(12-13)17-9-19-14-5-3-4-6-15(14)20-17/h3-9,13H,2,10-12H2,1H3. The smallest absolute Gasteiger partial charge is 0.147 e. The second-order valence-corrected chi connectivity index (χ2v) is 5.84. The SMILES string of the molecule is CCc1nccn1CC1CN(c2cnc3ccccc3n2)C1. The molecule has 0 atom stereocenters. The third-order valence-corrected chi connectivity index (χ3v) is 4.29. The number of anilines is 1. The van der Waals surface area contributed by atoms with Crippen molar-refractivity contribution in [2.75, 3.05) is 18.0 Å². The molecule has 5 nitrogen and oxygen atoms in total. The lowest BCUT2D eigenvalue weighted by atomic mass is 10.00. The Kier molecular flexibility index (Phi) is 3.25. The number of hydrogen-bond acceptors (Lipinski definition) is 4. The minimum absolute atomic E-state index is 0.660. The van der Waals surface area contributed by atoms with Crippen LogP contribution >= 0.6 is 0 Å². The van der Waals surface area contributed by atoms with Crippen LogP contribution in [0.2, 0.25) is 0 Å². The molecule has 112 valence electrons. The molecule has 1 fully saturated rings. The van der Waals surface area contributed by atoms with Gasteiger partial charge in [-0.1, -0.05) is 19.1 Å². The maximum Gasteiger partial charge on any atom is 0.147 e. The summed E-state index contributed by atoms with van der Waals surface area (Å²) in [5, 5.41) is 0. The van der Waals surface area contributed by atoms with Gasteiger partial charge in [0.1, 0.15) is 11.6 Å². The summed E-state index contributed by atoms with van der Waals surface area (Å²) >= 11 is 0. The number of aromatic nitrogens is 4. The fourth-order valence-electron chi connectivity index (χ4n) is 3.07. The van der Waals surface area contributed by atoms with Crippen LogP contribution in [0.1, 0.15) is 12.7 Å². The van der Waals surface area contributed by atoms with Crippen molar-refractivity contribution in [2.45, 2.75) is 19.9 Å². The first kappa shape index (κ1) is 13.2. The molecule has 0 spiro atoms. The highest BCUT2D eigenvalue weighted by Gasteiger charge is 2.28. The van der Waals surface area contributed by atoms with E-state index >= 15 is 0 Å². The first-order valence-corrected chi connectivity index (χ1v) is 7.80. The Labute approximate surface area is 129 Å². The minimum Gasteiger partial charge on any atom is -0.354 e. The predicted molar refractivity (Wildman–Crippen MR) is 86.8 cm³/mol. The third-order valence-electron chi connectivity index (χ3n) is 4.29. The van der Waals surface area contributed by atoms with Crippen LogP contribution in [0.4, 0.5) is 5.82 Å². The predicted octanol–water partition coefficient (Wildman–Crippen LogP) is 2.53. The van der Waals surface area contributed by atoms with Gasteiger partial charge in [0, 0.05) is 44.4 Å². The molecule has 0 bridgehead atoms. The molecule has 1 aliphatic rings. The summed E-state index contributed by atoms with van der Waals surface area (Å²) in [4.78, 5) is 15.9. The molecule has 0 unspecified atom stereocenters. The molecule has 3 heterocycles. The molecule has 0 amide bonds. The van der Waals surface area contributed by atoms with E-state index in [1.54, 1.807) is 0 Å². The van der Waals surface area contributed by atoms with Gasteiger partial charge in [0.25, 0.3) is 0 Å². The lowest BCUT2D eigenvalue weighted by Crippen LogP contribution is -2.49. The second kappa shape index (κ2) is 5.40. The summed E-state index contributed by atoms with van der Waals surface area (Å²) in [5.41, 5.74) is 1.92. The van der Waals surface area contributed by atoms with Crippen LogP contribution < -0.4 is 4.90 Å². The molecule has 0 saturated carbocycles. The van der Waals surface area contributed by atoms with E-state index in [-0.39, 0.29) is 0 Å². The summed E-state index contributed by atoms with van der Waals surface area (Å²) < 4.78 is 2.27. The summed E-state index contributed by atoms with van der Waals surface area (Å²) in [5.74, 6) is 2.81. The van der Waals surface area contributed by atoms with Crippen LogP contribution in [0, 0.1) is 5.92 Å². The number of imidazole rings is 1. The number of rotatable bonds is 4. The van der Waals surface area contributed by atoms with Crippen LogP contribution in [0.5, 0.6) is 0 Å². The molecule has 0 radical (unpaired) electrons. The van der Waals surface area contributed by atoms with Gasteiger partial charge in [-0.2, -0.15) is 0 Å². The van der Waals surface area contributed by atoms with E-state index in [4.69, 9.17) is 4.98 Å². The van der Waals surface area contributed by atoms with Crippen molar-refractivity contribution in [2.24, 2.45) is 5.92 Å². The first-order chi connectivity index (χ1) is 10.8. The van der Waals surface area contributed by atoms with Crippen molar-refractivity contribution in [3.05, 3.63) is 48.7 Å². The van der Waals surface area contributed by atoms with E-state index in [9.17, 15) is 0 Å². The first-order valence-electron chi connectivity index (χ1n) is 7.80. The fraction of sp³-hybridized carbons (Fsp3) is 0.353. The van der Waals surface area contributed by atoms with Gasteiger partial charge in [0.2, 0.25) is 0 Å². The topological polar surface area (TPSA) is 46.8 Å². The molecule has 1 aliphatic heterocycles. The molecule has 0 N–H and O–H groups in total. The van der Waals surface area contributed by atoms with Crippen molar-refractivity contribution in [1.29, 1.82) is 0 Å². The highest BCUT2D eigenvalue weighted by atomic mass is 15.3. The Morgan fingerprint density at radius 3 is 2.77 bits per heavy atom. The Balaban J connectivity index is 1.43. The normalized spacial score (nSPS) is 15.2. The van der Waals surface area contributed by atoms with E-state index < -0.39 is 0 Å². The summed E-state index contributed by atoms with van der Waals surface area (Å²) in [6.45, 7) is 5.26. The highest BCUT2D eigenvalue weighted by molar-refractivity contribution is 5.75. The van der Waals surface area contributed by atoms with Gasteiger partial charge >= 0.3 is 0 Å². The van der Waals surface area contributed by atoms with Crippen LogP contribution in [-0.4, -0.2) is 32.6 Å². The van der Waals surface area contributed by atoms with E-state index in [2.05, 4.69) is 32.6 Å². The molecule has 5 heteroatoms. The van der Waals surface area contributed by atoms with E-state index in [1.807, 2.05) is 36.7 Å². The number of hydrogen-bond donors (Lipinski definition) is 0. The number of para-hydroxylation sites is 2. The molecule has 4 rings (SSSR count).